The molecule has 0 amide bonds. The van der Waals surface area contributed by atoms with Gasteiger partial charge >= 0.3 is 0 Å². The van der Waals surface area contributed by atoms with E-state index in [2.05, 4.69) is 33.6 Å². The fourth-order valence-corrected chi connectivity index (χ4v) is 1.59. The normalized spacial score (nSPS) is 11.0. The summed E-state index contributed by atoms with van der Waals surface area (Å²) in [6.07, 6.45) is 3.90. The molecule has 0 aromatic carbocycles. The van der Waals surface area contributed by atoms with Gasteiger partial charge in [0.2, 0.25) is 5.95 Å². The molecule has 0 bridgehead atoms. The summed E-state index contributed by atoms with van der Waals surface area (Å²) in [5, 5.41) is 0. The summed E-state index contributed by atoms with van der Waals surface area (Å²) in [4.78, 5) is 23.4. The van der Waals surface area contributed by atoms with Gasteiger partial charge in [-0.25, -0.2) is 9.97 Å². The lowest BCUT2D eigenvalue weighted by Crippen LogP contribution is -2.35. The van der Waals surface area contributed by atoms with Crippen molar-refractivity contribution in [3.05, 3.63) is 18.0 Å². The average molecular weight is 250 g/mol. The Morgan fingerprint density at radius 3 is 2.28 bits per heavy atom. The zero-order valence-electron chi connectivity index (χ0n) is 11.6. The Hall–Kier alpha value is -1.49. The van der Waals surface area contributed by atoms with Crippen LogP contribution in [0.2, 0.25) is 0 Å². The van der Waals surface area contributed by atoms with E-state index in [1.165, 1.54) is 0 Å². The molecule has 18 heavy (non-hydrogen) atoms. The van der Waals surface area contributed by atoms with Gasteiger partial charge in [-0.05, 0) is 20.0 Å². The first-order chi connectivity index (χ1) is 8.52. The molecule has 0 aliphatic carbocycles. The van der Waals surface area contributed by atoms with Crippen LogP contribution in [0.4, 0.5) is 5.95 Å². The third kappa shape index (κ3) is 4.79. The number of carbonyl (C=O) groups is 1. The van der Waals surface area contributed by atoms with Crippen LogP contribution >= 0.6 is 0 Å². The van der Waals surface area contributed by atoms with Crippen LogP contribution in [0, 0.1) is 5.92 Å². The van der Waals surface area contributed by atoms with Gasteiger partial charge in [0.05, 0.1) is 5.56 Å². The predicted molar refractivity (Wildman–Crippen MR) is 73.0 cm³/mol. The van der Waals surface area contributed by atoms with Gasteiger partial charge in [0, 0.05) is 32.0 Å². The van der Waals surface area contributed by atoms with E-state index in [-0.39, 0.29) is 0 Å². The van der Waals surface area contributed by atoms with Crippen molar-refractivity contribution in [1.82, 2.24) is 14.9 Å². The molecule has 5 heteroatoms. The lowest BCUT2D eigenvalue weighted by molar-refractivity contribution is 0.112. The number of likely N-dealkylation sites (N-methyl/N-ethyl adjacent to an activating group) is 1. The van der Waals surface area contributed by atoms with Gasteiger partial charge in [0.1, 0.15) is 0 Å². The third-order valence-electron chi connectivity index (χ3n) is 2.48. The van der Waals surface area contributed by atoms with Crippen LogP contribution in [-0.2, 0) is 0 Å². The summed E-state index contributed by atoms with van der Waals surface area (Å²) >= 11 is 0. The lowest BCUT2D eigenvalue weighted by Gasteiger charge is -2.25. The Bertz CT molecular complexity index is 362. The number of rotatable bonds is 7. The van der Waals surface area contributed by atoms with Crippen molar-refractivity contribution in [2.24, 2.45) is 5.92 Å². The maximum absolute atomic E-state index is 10.6. The Morgan fingerprint density at radius 1 is 1.22 bits per heavy atom. The molecule has 1 aromatic rings. The summed E-state index contributed by atoms with van der Waals surface area (Å²) in [6, 6.07) is 0. The highest BCUT2D eigenvalue weighted by Crippen LogP contribution is 2.09. The molecule has 100 valence electrons. The second-order valence-corrected chi connectivity index (χ2v) is 5.08. The van der Waals surface area contributed by atoms with Crippen molar-refractivity contribution < 1.29 is 4.79 Å². The van der Waals surface area contributed by atoms with Crippen molar-refractivity contribution >= 4 is 12.2 Å². The standard InChI is InChI=1S/C13H22N4O/c1-11(2)9-17(6-5-16(3)4)13-14-7-12(10-18)8-15-13/h7-8,10-11H,5-6,9H2,1-4H3. The van der Waals surface area contributed by atoms with E-state index >= 15 is 0 Å². The maximum atomic E-state index is 10.6. The number of anilines is 1. The van der Waals surface area contributed by atoms with E-state index in [0.717, 1.165) is 25.9 Å². The van der Waals surface area contributed by atoms with E-state index in [4.69, 9.17) is 0 Å². The van der Waals surface area contributed by atoms with Gasteiger partial charge in [-0.15, -0.1) is 0 Å². The molecule has 5 nitrogen and oxygen atoms in total. The minimum atomic E-state index is 0.510. The molecule has 0 N–H and O–H groups in total. The number of carbonyl (C=O) groups excluding carboxylic acids is 1. The van der Waals surface area contributed by atoms with Crippen molar-refractivity contribution in [3.8, 4) is 0 Å². The summed E-state index contributed by atoms with van der Waals surface area (Å²) in [5.74, 6) is 1.23. The van der Waals surface area contributed by atoms with Crippen LogP contribution < -0.4 is 4.90 Å². The van der Waals surface area contributed by atoms with Crippen LogP contribution in [0.3, 0.4) is 0 Å². The Labute approximate surface area is 109 Å². The minimum Gasteiger partial charge on any atom is -0.339 e. The van der Waals surface area contributed by atoms with Gasteiger partial charge in [-0.2, -0.15) is 0 Å². The number of hydrogen-bond donors (Lipinski definition) is 0. The Morgan fingerprint density at radius 2 is 1.83 bits per heavy atom. The fraction of sp³-hybridized carbons (Fsp3) is 0.615. The zero-order valence-corrected chi connectivity index (χ0v) is 11.6. The topological polar surface area (TPSA) is 49.3 Å². The lowest BCUT2D eigenvalue weighted by atomic mass is 10.2. The molecule has 1 heterocycles. The van der Waals surface area contributed by atoms with E-state index in [9.17, 15) is 4.79 Å². The molecule has 0 unspecified atom stereocenters. The van der Waals surface area contributed by atoms with Gasteiger partial charge in [0.25, 0.3) is 0 Å². The second kappa shape index (κ2) is 7.06. The van der Waals surface area contributed by atoms with E-state index in [1.54, 1.807) is 12.4 Å². The number of hydrogen-bond acceptors (Lipinski definition) is 5. The number of aldehydes is 1. The molecule has 0 saturated heterocycles. The summed E-state index contributed by atoms with van der Waals surface area (Å²) in [6.45, 7) is 7.08. The van der Waals surface area contributed by atoms with E-state index in [1.807, 2.05) is 14.1 Å². The van der Waals surface area contributed by atoms with Crippen LogP contribution in [0.15, 0.2) is 12.4 Å². The van der Waals surface area contributed by atoms with Crippen molar-refractivity contribution in [3.63, 3.8) is 0 Å². The maximum Gasteiger partial charge on any atom is 0.225 e. The molecule has 1 aromatic heterocycles. The molecule has 0 saturated carbocycles. The fourth-order valence-electron chi connectivity index (χ4n) is 1.59. The zero-order chi connectivity index (χ0) is 13.5. The SMILES string of the molecule is CC(C)CN(CCN(C)C)c1ncc(C=O)cn1. The molecule has 1 rings (SSSR count). The first-order valence-corrected chi connectivity index (χ1v) is 6.20. The Kier molecular flexibility index (Phi) is 5.71. The van der Waals surface area contributed by atoms with Gasteiger partial charge in [-0.1, -0.05) is 13.8 Å². The molecule has 0 atom stereocenters. The van der Waals surface area contributed by atoms with Gasteiger partial charge < -0.3 is 9.80 Å². The number of aromatic nitrogens is 2. The third-order valence-corrected chi connectivity index (χ3v) is 2.48. The van der Waals surface area contributed by atoms with Crippen LogP contribution in [-0.4, -0.2) is 54.9 Å². The van der Waals surface area contributed by atoms with E-state index in [0.29, 0.717) is 17.4 Å². The van der Waals surface area contributed by atoms with Gasteiger partial charge in [-0.3, -0.25) is 4.79 Å². The summed E-state index contributed by atoms with van der Waals surface area (Å²) in [7, 11) is 4.09. The largest absolute Gasteiger partial charge is 0.339 e. The average Bonchev–Trinajstić information content (AvgIpc) is 2.34. The van der Waals surface area contributed by atoms with Crippen molar-refractivity contribution in [1.29, 1.82) is 0 Å². The highest BCUT2D eigenvalue weighted by molar-refractivity contribution is 5.73. The first kappa shape index (κ1) is 14.6. The molecule has 0 fully saturated rings. The monoisotopic (exact) mass is 250 g/mol. The second-order valence-electron chi connectivity index (χ2n) is 5.08. The van der Waals surface area contributed by atoms with E-state index < -0.39 is 0 Å². The Balaban J connectivity index is 2.76. The summed E-state index contributed by atoms with van der Waals surface area (Å²) in [5.41, 5.74) is 0.510. The number of nitrogens with zero attached hydrogens (tertiary/aromatic N) is 4. The molecular weight excluding hydrogens is 228 g/mol. The molecule has 0 spiro atoms. The summed E-state index contributed by atoms with van der Waals surface area (Å²) < 4.78 is 0. The minimum absolute atomic E-state index is 0.510. The smallest absolute Gasteiger partial charge is 0.225 e. The van der Waals surface area contributed by atoms with Crippen LogP contribution in [0.5, 0.6) is 0 Å². The molecule has 0 radical (unpaired) electrons. The van der Waals surface area contributed by atoms with Crippen LogP contribution in [0.25, 0.3) is 0 Å². The quantitative estimate of drug-likeness (QED) is 0.683. The van der Waals surface area contributed by atoms with Gasteiger partial charge in [0.15, 0.2) is 6.29 Å². The van der Waals surface area contributed by atoms with Crippen molar-refractivity contribution in [2.75, 3.05) is 38.6 Å². The molecule has 0 aliphatic heterocycles. The first-order valence-electron chi connectivity index (χ1n) is 6.20. The predicted octanol–water partition coefficient (Wildman–Crippen LogP) is 1.31. The van der Waals surface area contributed by atoms with Crippen molar-refractivity contribution in [2.45, 2.75) is 13.8 Å². The highest BCUT2D eigenvalue weighted by Gasteiger charge is 2.11. The molecular formula is C13H22N4O. The molecule has 0 aliphatic rings. The van der Waals surface area contributed by atoms with Crippen LogP contribution in [0.1, 0.15) is 24.2 Å². The highest BCUT2D eigenvalue weighted by atomic mass is 16.1.